The normalized spacial score (nSPS) is 16.5. The fraction of sp³-hybridized carbons (Fsp3) is 0.444. The van der Waals surface area contributed by atoms with Crippen LogP contribution in [0.3, 0.4) is 0 Å². The van der Waals surface area contributed by atoms with Gasteiger partial charge in [0.1, 0.15) is 0 Å². The molecular weight excluding hydrogens is 306 g/mol. The van der Waals surface area contributed by atoms with Gasteiger partial charge in [-0.1, -0.05) is 31.4 Å². The summed E-state index contributed by atoms with van der Waals surface area (Å²) in [5.41, 5.74) is 1.43. The molecule has 0 unspecified atom stereocenters. The summed E-state index contributed by atoms with van der Waals surface area (Å²) < 4.78 is 5.24. The topological polar surface area (TPSA) is 81.2 Å². The number of para-hydroxylation sites is 2. The maximum absolute atomic E-state index is 12.2. The number of carbonyl (C=O) groups excluding carboxylic acids is 2. The van der Waals surface area contributed by atoms with Crippen molar-refractivity contribution in [3.63, 3.8) is 0 Å². The van der Waals surface area contributed by atoms with Crippen molar-refractivity contribution < 1.29 is 14.3 Å². The highest BCUT2D eigenvalue weighted by Crippen LogP contribution is 2.17. The van der Waals surface area contributed by atoms with Gasteiger partial charge in [0.2, 0.25) is 0 Å². The van der Waals surface area contributed by atoms with E-state index in [-0.39, 0.29) is 17.6 Å². The van der Waals surface area contributed by atoms with Gasteiger partial charge in [-0.05, 0) is 31.9 Å². The molecule has 126 valence electrons. The number of nitrogens with zero attached hydrogens (tertiary/aromatic N) is 2. The van der Waals surface area contributed by atoms with Gasteiger partial charge in [-0.2, -0.15) is 0 Å². The minimum absolute atomic E-state index is 0.103. The van der Waals surface area contributed by atoms with Crippen LogP contribution in [-0.4, -0.2) is 34.0 Å². The first kappa shape index (κ1) is 16.4. The molecule has 1 amide bonds. The van der Waals surface area contributed by atoms with Gasteiger partial charge in [-0.3, -0.25) is 9.78 Å². The third-order valence-corrected chi connectivity index (χ3v) is 4.26. The van der Waals surface area contributed by atoms with Gasteiger partial charge in [-0.25, -0.2) is 9.78 Å². The van der Waals surface area contributed by atoms with E-state index in [1.54, 1.807) is 13.0 Å². The molecule has 2 aromatic rings. The van der Waals surface area contributed by atoms with Crippen molar-refractivity contribution in [3.8, 4) is 0 Å². The smallest absolute Gasteiger partial charge is 0.359 e. The van der Waals surface area contributed by atoms with Crippen LogP contribution in [0, 0.1) is 0 Å². The quantitative estimate of drug-likeness (QED) is 0.873. The number of nitrogens with one attached hydrogen (secondary N) is 1. The monoisotopic (exact) mass is 327 g/mol. The highest BCUT2D eigenvalue weighted by Gasteiger charge is 2.23. The highest BCUT2D eigenvalue weighted by molar-refractivity contribution is 5.92. The summed E-state index contributed by atoms with van der Waals surface area (Å²) in [6, 6.07) is 7.46. The van der Waals surface area contributed by atoms with Crippen molar-refractivity contribution in [2.75, 3.05) is 0 Å². The fourth-order valence-corrected chi connectivity index (χ4v) is 2.90. The second-order valence-corrected chi connectivity index (χ2v) is 6.14. The molecule has 1 aromatic carbocycles. The Morgan fingerprint density at radius 3 is 2.62 bits per heavy atom. The number of ether oxygens (including phenoxy) is 1. The zero-order valence-electron chi connectivity index (χ0n) is 13.7. The van der Waals surface area contributed by atoms with Crippen LogP contribution < -0.4 is 5.32 Å². The number of carbonyl (C=O) groups is 2. The first-order chi connectivity index (χ1) is 11.6. The van der Waals surface area contributed by atoms with Gasteiger partial charge in [0.15, 0.2) is 11.8 Å². The SMILES string of the molecule is C[C@H](OC(=O)c1cnc2ccccc2n1)C(=O)NC1CCCCC1. The first-order valence-corrected chi connectivity index (χ1v) is 8.36. The van der Waals surface area contributed by atoms with Crippen molar-refractivity contribution in [1.82, 2.24) is 15.3 Å². The lowest BCUT2D eigenvalue weighted by molar-refractivity contribution is -0.130. The molecule has 6 nitrogen and oxygen atoms in total. The molecule has 1 aliphatic rings. The zero-order chi connectivity index (χ0) is 16.9. The van der Waals surface area contributed by atoms with Crippen molar-refractivity contribution in [2.24, 2.45) is 0 Å². The first-order valence-electron chi connectivity index (χ1n) is 8.36. The average molecular weight is 327 g/mol. The Balaban J connectivity index is 1.60. The summed E-state index contributed by atoms with van der Waals surface area (Å²) >= 11 is 0. The molecule has 0 radical (unpaired) electrons. The number of amides is 1. The lowest BCUT2D eigenvalue weighted by Gasteiger charge is -2.24. The van der Waals surface area contributed by atoms with Crippen LogP contribution in [0.5, 0.6) is 0 Å². The van der Waals surface area contributed by atoms with Crippen LogP contribution in [0.25, 0.3) is 11.0 Å². The van der Waals surface area contributed by atoms with Gasteiger partial charge < -0.3 is 10.1 Å². The Bertz CT molecular complexity index is 741. The molecule has 1 N–H and O–H groups in total. The fourth-order valence-electron chi connectivity index (χ4n) is 2.90. The van der Waals surface area contributed by atoms with E-state index in [9.17, 15) is 9.59 Å². The van der Waals surface area contributed by atoms with E-state index >= 15 is 0 Å². The second kappa shape index (κ2) is 7.38. The number of hydrogen-bond donors (Lipinski definition) is 1. The molecule has 1 fully saturated rings. The molecule has 1 aromatic heterocycles. The van der Waals surface area contributed by atoms with Crippen LogP contribution in [-0.2, 0) is 9.53 Å². The molecule has 0 aliphatic heterocycles. The highest BCUT2D eigenvalue weighted by atomic mass is 16.5. The molecule has 1 aliphatic carbocycles. The predicted molar refractivity (Wildman–Crippen MR) is 89.4 cm³/mol. The zero-order valence-corrected chi connectivity index (χ0v) is 13.7. The van der Waals surface area contributed by atoms with E-state index in [0.29, 0.717) is 11.0 Å². The molecule has 1 heterocycles. The molecule has 6 heteroatoms. The molecule has 1 atom stereocenters. The standard InChI is InChI=1S/C18H21N3O3/c1-12(17(22)20-13-7-3-2-4-8-13)24-18(23)16-11-19-14-9-5-6-10-15(14)21-16/h5-6,9-13H,2-4,7-8H2,1H3,(H,20,22)/t12-/m0/s1. The number of benzene rings is 1. The summed E-state index contributed by atoms with van der Waals surface area (Å²) in [7, 11) is 0. The van der Waals surface area contributed by atoms with Gasteiger partial charge in [-0.15, -0.1) is 0 Å². The van der Waals surface area contributed by atoms with Crippen LogP contribution in [0.15, 0.2) is 30.5 Å². The van der Waals surface area contributed by atoms with Crippen molar-refractivity contribution in [3.05, 3.63) is 36.2 Å². The van der Waals surface area contributed by atoms with E-state index in [1.807, 2.05) is 18.2 Å². The van der Waals surface area contributed by atoms with E-state index in [1.165, 1.54) is 12.6 Å². The van der Waals surface area contributed by atoms with Gasteiger partial charge in [0, 0.05) is 6.04 Å². The number of fused-ring (bicyclic) bond motifs is 1. The van der Waals surface area contributed by atoms with Crippen LogP contribution in [0.4, 0.5) is 0 Å². The lowest BCUT2D eigenvalue weighted by Crippen LogP contribution is -2.42. The van der Waals surface area contributed by atoms with Crippen molar-refractivity contribution in [2.45, 2.75) is 51.2 Å². The Morgan fingerprint density at radius 2 is 1.88 bits per heavy atom. The number of esters is 1. The second-order valence-electron chi connectivity index (χ2n) is 6.14. The predicted octanol–water partition coefficient (Wildman–Crippen LogP) is 2.62. The maximum atomic E-state index is 12.2. The molecule has 0 spiro atoms. The molecule has 0 bridgehead atoms. The van der Waals surface area contributed by atoms with Gasteiger partial charge in [0.05, 0.1) is 17.2 Å². The molecular formula is C18H21N3O3. The van der Waals surface area contributed by atoms with E-state index < -0.39 is 12.1 Å². The Hall–Kier alpha value is -2.50. The van der Waals surface area contributed by atoms with Crippen LogP contribution >= 0.6 is 0 Å². The molecule has 1 saturated carbocycles. The Labute approximate surface area is 140 Å². The number of rotatable bonds is 4. The largest absolute Gasteiger partial charge is 0.448 e. The maximum Gasteiger partial charge on any atom is 0.359 e. The minimum Gasteiger partial charge on any atom is -0.448 e. The summed E-state index contributed by atoms with van der Waals surface area (Å²) in [6.45, 7) is 1.57. The third-order valence-electron chi connectivity index (χ3n) is 4.26. The summed E-state index contributed by atoms with van der Waals surface area (Å²) in [4.78, 5) is 32.8. The van der Waals surface area contributed by atoms with Gasteiger partial charge >= 0.3 is 5.97 Å². The summed E-state index contributed by atoms with van der Waals surface area (Å²) in [5.74, 6) is -0.899. The van der Waals surface area contributed by atoms with Crippen molar-refractivity contribution in [1.29, 1.82) is 0 Å². The molecule has 24 heavy (non-hydrogen) atoms. The summed E-state index contributed by atoms with van der Waals surface area (Å²) in [5, 5.41) is 2.95. The average Bonchev–Trinajstić information content (AvgIpc) is 2.62. The van der Waals surface area contributed by atoms with Crippen LogP contribution in [0.1, 0.15) is 49.5 Å². The summed E-state index contributed by atoms with van der Waals surface area (Å²) in [6.07, 6.45) is 5.98. The van der Waals surface area contributed by atoms with E-state index in [4.69, 9.17) is 4.74 Å². The molecule has 0 saturated heterocycles. The molecule has 3 rings (SSSR count). The Kier molecular flexibility index (Phi) is 5.03. The Morgan fingerprint density at radius 1 is 1.17 bits per heavy atom. The third kappa shape index (κ3) is 3.88. The van der Waals surface area contributed by atoms with Crippen molar-refractivity contribution >= 4 is 22.9 Å². The lowest BCUT2D eigenvalue weighted by atomic mass is 9.95. The van der Waals surface area contributed by atoms with Gasteiger partial charge in [0.25, 0.3) is 5.91 Å². The van der Waals surface area contributed by atoms with E-state index in [2.05, 4.69) is 15.3 Å². The minimum atomic E-state index is -0.854. The number of hydrogen-bond acceptors (Lipinski definition) is 5. The van der Waals surface area contributed by atoms with Crippen LogP contribution in [0.2, 0.25) is 0 Å². The van der Waals surface area contributed by atoms with E-state index in [0.717, 1.165) is 25.7 Å². The number of aromatic nitrogens is 2.